The van der Waals surface area contributed by atoms with Crippen LogP contribution in [0.2, 0.25) is 0 Å². The highest BCUT2D eigenvalue weighted by atomic mass is 79.9. The van der Waals surface area contributed by atoms with E-state index < -0.39 is 0 Å². The summed E-state index contributed by atoms with van der Waals surface area (Å²) < 4.78 is 0.623. The topological polar surface area (TPSA) is 48.7 Å². The zero-order valence-corrected chi connectivity index (χ0v) is 10.9. The molecule has 0 unspecified atom stereocenters. The number of nitrogens with one attached hydrogen (secondary N) is 1. The molecule has 1 N–H and O–H groups in total. The third-order valence-corrected chi connectivity index (χ3v) is 4.23. The zero-order valence-electron chi connectivity index (χ0n) is 9.28. The number of halogens is 1. The largest absolute Gasteiger partial charge is 0.309 e. The van der Waals surface area contributed by atoms with Crippen LogP contribution in [0.4, 0.5) is 0 Å². The third-order valence-electron chi connectivity index (χ3n) is 3.60. The summed E-state index contributed by atoms with van der Waals surface area (Å²) in [6.07, 6.45) is 6.53. The van der Waals surface area contributed by atoms with Crippen molar-refractivity contribution >= 4 is 21.5 Å². The van der Waals surface area contributed by atoms with E-state index in [1.54, 1.807) is 0 Å². The summed E-state index contributed by atoms with van der Waals surface area (Å²) in [6, 6.07) is 4.55. The molecular formula is C13H12BrN3. The Kier molecular flexibility index (Phi) is 2.73. The van der Waals surface area contributed by atoms with Gasteiger partial charge in [-0.05, 0) is 51.9 Å². The Morgan fingerprint density at radius 3 is 3.12 bits per heavy atom. The van der Waals surface area contributed by atoms with Crippen LogP contribution < -0.4 is 5.32 Å². The fraction of sp³-hybridized carbons (Fsp3) is 0.385. The first kappa shape index (κ1) is 10.9. The van der Waals surface area contributed by atoms with Crippen molar-refractivity contribution in [2.24, 2.45) is 5.92 Å². The van der Waals surface area contributed by atoms with E-state index in [4.69, 9.17) is 5.26 Å². The minimum Gasteiger partial charge on any atom is -0.309 e. The molecule has 1 aromatic rings. The quantitative estimate of drug-likeness (QED) is 0.808. The first-order valence-electron chi connectivity index (χ1n) is 5.79. The molecule has 0 radical (unpaired) electrons. The predicted molar refractivity (Wildman–Crippen MR) is 69.1 cm³/mol. The van der Waals surface area contributed by atoms with E-state index in [1.807, 2.05) is 12.3 Å². The molecular weight excluding hydrogens is 278 g/mol. The number of nitriles is 1. The summed E-state index contributed by atoms with van der Waals surface area (Å²) >= 11 is 3.29. The van der Waals surface area contributed by atoms with E-state index in [9.17, 15) is 0 Å². The molecule has 0 amide bonds. The Hall–Kier alpha value is -1.18. The summed E-state index contributed by atoms with van der Waals surface area (Å²) in [4.78, 5) is 4.23. The monoisotopic (exact) mass is 289 g/mol. The summed E-state index contributed by atoms with van der Waals surface area (Å²) in [7, 11) is 0. The van der Waals surface area contributed by atoms with Gasteiger partial charge in [-0.25, -0.2) is 4.98 Å². The molecule has 1 saturated heterocycles. The van der Waals surface area contributed by atoms with Gasteiger partial charge in [-0.2, -0.15) is 5.26 Å². The maximum atomic E-state index is 9.02. The molecule has 0 aromatic carbocycles. The van der Waals surface area contributed by atoms with Crippen LogP contribution in [0.1, 0.15) is 24.0 Å². The van der Waals surface area contributed by atoms with Crippen LogP contribution in [0.25, 0.3) is 5.57 Å². The molecule has 2 heterocycles. The molecule has 1 fully saturated rings. The van der Waals surface area contributed by atoms with Crippen molar-refractivity contribution in [3.05, 3.63) is 34.1 Å². The Morgan fingerprint density at radius 1 is 1.53 bits per heavy atom. The number of rotatable bonds is 1. The molecule has 1 aliphatic heterocycles. The summed E-state index contributed by atoms with van der Waals surface area (Å²) in [5.41, 5.74) is 2.99. The standard InChI is InChI=1S/C13H12BrN3/c14-13-9(5-15)4-10(7-17-13)11-3-1-2-8-6-16-12(8)11/h3-4,7-8,12,16H,1-2,6H2/t8-,12+/m0/s1. The van der Waals surface area contributed by atoms with Crippen LogP contribution in [-0.2, 0) is 0 Å². The molecule has 1 aromatic heterocycles. The third kappa shape index (κ3) is 1.80. The molecule has 3 rings (SSSR count). The van der Waals surface area contributed by atoms with Gasteiger partial charge in [0, 0.05) is 18.8 Å². The van der Waals surface area contributed by atoms with Crippen LogP contribution >= 0.6 is 15.9 Å². The highest BCUT2D eigenvalue weighted by Gasteiger charge is 2.35. The minimum atomic E-state index is 0.471. The number of hydrogen-bond acceptors (Lipinski definition) is 3. The smallest absolute Gasteiger partial charge is 0.123 e. The van der Waals surface area contributed by atoms with Gasteiger partial charge in [0.05, 0.1) is 5.56 Å². The lowest BCUT2D eigenvalue weighted by Gasteiger charge is -2.42. The Labute approximate surface area is 109 Å². The van der Waals surface area contributed by atoms with Gasteiger partial charge in [-0.3, -0.25) is 0 Å². The van der Waals surface area contributed by atoms with Gasteiger partial charge >= 0.3 is 0 Å². The molecule has 4 heteroatoms. The highest BCUT2D eigenvalue weighted by molar-refractivity contribution is 9.10. The normalized spacial score (nSPS) is 26.5. The van der Waals surface area contributed by atoms with E-state index >= 15 is 0 Å². The van der Waals surface area contributed by atoms with E-state index in [1.165, 1.54) is 12.0 Å². The van der Waals surface area contributed by atoms with Crippen LogP contribution in [0.15, 0.2) is 22.9 Å². The van der Waals surface area contributed by atoms with Gasteiger partial charge in [0.2, 0.25) is 0 Å². The number of nitrogens with zero attached hydrogens (tertiary/aromatic N) is 2. The van der Waals surface area contributed by atoms with Crippen LogP contribution in [-0.4, -0.2) is 17.6 Å². The highest BCUT2D eigenvalue weighted by Crippen LogP contribution is 2.36. The molecule has 86 valence electrons. The van der Waals surface area contributed by atoms with Crippen molar-refractivity contribution in [3.63, 3.8) is 0 Å². The summed E-state index contributed by atoms with van der Waals surface area (Å²) in [5, 5.41) is 12.5. The fourth-order valence-corrected chi connectivity index (χ4v) is 2.90. The number of fused-ring (bicyclic) bond motifs is 1. The first-order valence-corrected chi connectivity index (χ1v) is 6.58. The molecule has 17 heavy (non-hydrogen) atoms. The van der Waals surface area contributed by atoms with Gasteiger partial charge in [0.1, 0.15) is 10.7 Å². The Balaban J connectivity index is 1.99. The van der Waals surface area contributed by atoms with Gasteiger partial charge in [-0.1, -0.05) is 6.08 Å². The second-order valence-corrected chi connectivity index (χ2v) is 5.31. The maximum absolute atomic E-state index is 9.02. The number of hydrogen-bond donors (Lipinski definition) is 1. The van der Waals surface area contributed by atoms with Crippen molar-refractivity contribution in [1.29, 1.82) is 5.26 Å². The molecule has 1 aliphatic carbocycles. The van der Waals surface area contributed by atoms with E-state index in [-0.39, 0.29) is 0 Å². The summed E-state index contributed by atoms with van der Waals surface area (Å²) in [5.74, 6) is 0.768. The van der Waals surface area contributed by atoms with Crippen LogP contribution in [0.5, 0.6) is 0 Å². The minimum absolute atomic E-state index is 0.471. The Morgan fingerprint density at radius 2 is 2.41 bits per heavy atom. The first-order chi connectivity index (χ1) is 8.29. The molecule has 2 aliphatic rings. The molecule has 3 nitrogen and oxygen atoms in total. The maximum Gasteiger partial charge on any atom is 0.123 e. The van der Waals surface area contributed by atoms with Gasteiger partial charge in [0.25, 0.3) is 0 Å². The average Bonchev–Trinajstić information content (AvgIpc) is 2.31. The van der Waals surface area contributed by atoms with Crippen molar-refractivity contribution in [2.75, 3.05) is 6.54 Å². The van der Waals surface area contributed by atoms with Gasteiger partial charge in [0.15, 0.2) is 0 Å². The van der Waals surface area contributed by atoms with Crippen molar-refractivity contribution in [3.8, 4) is 6.07 Å². The molecule has 2 atom stereocenters. The zero-order chi connectivity index (χ0) is 11.8. The van der Waals surface area contributed by atoms with Gasteiger partial charge < -0.3 is 5.32 Å². The predicted octanol–water partition coefficient (Wildman–Crippen LogP) is 2.48. The second-order valence-electron chi connectivity index (χ2n) is 4.56. The lowest BCUT2D eigenvalue weighted by molar-refractivity contribution is 0.262. The van der Waals surface area contributed by atoms with Crippen molar-refractivity contribution in [2.45, 2.75) is 18.9 Å². The van der Waals surface area contributed by atoms with Crippen molar-refractivity contribution in [1.82, 2.24) is 10.3 Å². The SMILES string of the molecule is N#Cc1cc(C2=CCC[C@H]3CN[C@@H]23)cnc1Br. The second kappa shape index (κ2) is 4.25. The average molecular weight is 290 g/mol. The van der Waals surface area contributed by atoms with E-state index in [0.717, 1.165) is 24.4 Å². The van der Waals surface area contributed by atoms with E-state index in [2.05, 4.69) is 38.4 Å². The van der Waals surface area contributed by atoms with Gasteiger partial charge in [-0.15, -0.1) is 0 Å². The Bertz CT molecular complexity index is 530. The number of aromatic nitrogens is 1. The van der Waals surface area contributed by atoms with E-state index in [0.29, 0.717) is 16.2 Å². The molecule has 0 saturated carbocycles. The molecule has 0 spiro atoms. The number of pyridine rings is 1. The molecule has 0 bridgehead atoms. The lowest BCUT2D eigenvalue weighted by Crippen LogP contribution is -2.54. The van der Waals surface area contributed by atoms with Crippen LogP contribution in [0.3, 0.4) is 0 Å². The van der Waals surface area contributed by atoms with Crippen molar-refractivity contribution < 1.29 is 0 Å². The van der Waals surface area contributed by atoms with Crippen LogP contribution in [0, 0.1) is 17.2 Å². The number of allylic oxidation sites excluding steroid dienone is 1. The lowest BCUT2D eigenvalue weighted by atomic mass is 9.76. The summed E-state index contributed by atoms with van der Waals surface area (Å²) in [6.45, 7) is 1.12. The fourth-order valence-electron chi connectivity index (χ4n) is 2.60.